The number of rotatable bonds is 9. The average molecular weight is 742 g/mol. The van der Waals surface area contributed by atoms with E-state index in [2.05, 4.69) is 36.9 Å². The Labute approximate surface area is 275 Å². The molecule has 11 heteroatoms. The van der Waals surface area contributed by atoms with Crippen LogP contribution in [0.3, 0.4) is 0 Å². The van der Waals surface area contributed by atoms with Gasteiger partial charge in [0.1, 0.15) is 18.4 Å². The van der Waals surface area contributed by atoms with Gasteiger partial charge in [-0.05, 0) is 84.2 Å². The first kappa shape index (κ1) is 31.7. The first-order valence-corrected chi connectivity index (χ1v) is 16.1. The van der Waals surface area contributed by atoms with Gasteiger partial charge in [0.25, 0.3) is 5.56 Å². The second-order valence-electron chi connectivity index (χ2n) is 10.2. The Morgan fingerprint density at radius 2 is 1.77 bits per heavy atom. The zero-order valence-electron chi connectivity index (χ0n) is 24.7. The lowest BCUT2D eigenvalue weighted by Gasteiger charge is -2.26. The molecule has 8 nitrogen and oxygen atoms in total. The second-order valence-corrected chi connectivity index (χ2v) is 13.0. The summed E-state index contributed by atoms with van der Waals surface area (Å²) in [5.74, 6) is 1.06. The number of aromatic nitrogens is 1. The van der Waals surface area contributed by atoms with Crippen molar-refractivity contribution in [1.82, 2.24) is 4.57 Å². The van der Waals surface area contributed by atoms with Gasteiger partial charge in [-0.25, -0.2) is 9.79 Å². The molecule has 1 aromatic heterocycles. The Morgan fingerprint density at radius 3 is 2.45 bits per heavy atom. The van der Waals surface area contributed by atoms with Crippen LogP contribution in [0.5, 0.6) is 17.2 Å². The standard InChI is InChI=1S/C33H30Br2N2O6S/c1-18(2)43-32(39)28-19(3)36-33-37(29(28)23-16-22(34)11-12-25(23)40-4)31(38)27(44-33)15-21-13-24(35)30(26(14-21)41-5)42-17-20-9-7-6-8-10-20/h6-16,18,29H,17H2,1-5H3/b27-15-/t29-/m0/s1. The number of benzene rings is 3. The molecular formula is C33H30Br2N2O6S. The Bertz CT molecular complexity index is 1930. The van der Waals surface area contributed by atoms with Gasteiger partial charge in [0.15, 0.2) is 16.3 Å². The van der Waals surface area contributed by atoms with Crippen molar-refractivity contribution >= 4 is 55.2 Å². The van der Waals surface area contributed by atoms with Crippen molar-refractivity contribution in [3.8, 4) is 17.2 Å². The third-order valence-corrected chi connectivity index (χ3v) is 8.91. The molecule has 3 aromatic carbocycles. The zero-order valence-corrected chi connectivity index (χ0v) is 28.7. The lowest BCUT2D eigenvalue weighted by atomic mass is 9.95. The molecule has 0 N–H and O–H groups in total. The molecule has 5 rings (SSSR count). The van der Waals surface area contributed by atoms with E-state index in [-0.39, 0.29) is 17.2 Å². The number of thiazole rings is 1. The van der Waals surface area contributed by atoms with E-state index in [0.29, 0.717) is 48.9 Å². The normalized spacial score (nSPS) is 14.7. The highest BCUT2D eigenvalue weighted by molar-refractivity contribution is 9.10. The van der Waals surface area contributed by atoms with Gasteiger partial charge >= 0.3 is 5.97 Å². The molecule has 2 heterocycles. The highest BCUT2D eigenvalue weighted by Gasteiger charge is 2.35. The average Bonchev–Trinajstić information content (AvgIpc) is 3.29. The topological polar surface area (TPSA) is 88.4 Å². The molecule has 0 saturated heterocycles. The Kier molecular flexibility index (Phi) is 9.77. The summed E-state index contributed by atoms with van der Waals surface area (Å²) in [6, 6.07) is 18.2. The number of ether oxygens (including phenoxy) is 4. The van der Waals surface area contributed by atoms with Gasteiger partial charge < -0.3 is 18.9 Å². The van der Waals surface area contributed by atoms with Crippen molar-refractivity contribution in [3.05, 3.63) is 117 Å². The molecule has 0 fully saturated rings. The molecule has 0 spiro atoms. The maximum Gasteiger partial charge on any atom is 0.338 e. The minimum atomic E-state index is -0.817. The molecule has 4 aromatic rings. The van der Waals surface area contributed by atoms with E-state index in [1.807, 2.05) is 54.6 Å². The number of fused-ring (bicyclic) bond motifs is 1. The lowest BCUT2D eigenvalue weighted by Crippen LogP contribution is -2.40. The molecule has 1 aliphatic rings. The first-order chi connectivity index (χ1) is 21.1. The van der Waals surface area contributed by atoms with E-state index in [1.165, 1.54) is 15.9 Å². The molecule has 1 atom stereocenters. The third kappa shape index (κ3) is 6.55. The SMILES string of the molecule is COc1ccc(Br)cc1[C@H]1C(C(=O)OC(C)C)=C(C)N=c2s/c(=C\c3cc(Br)c(OCc4ccccc4)c(OC)c3)c(=O)n21. The first-order valence-electron chi connectivity index (χ1n) is 13.7. The molecule has 44 heavy (non-hydrogen) atoms. The third-order valence-electron chi connectivity index (χ3n) is 6.85. The van der Waals surface area contributed by atoms with Crippen molar-refractivity contribution in [2.75, 3.05) is 14.2 Å². The maximum atomic E-state index is 14.1. The predicted molar refractivity (Wildman–Crippen MR) is 177 cm³/mol. The number of carbonyl (C=O) groups excluding carboxylic acids is 1. The summed E-state index contributed by atoms with van der Waals surface area (Å²) < 4.78 is 26.4. The molecule has 1 aliphatic heterocycles. The van der Waals surface area contributed by atoms with E-state index in [4.69, 9.17) is 18.9 Å². The Hall–Kier alpha value is -3.67. The molecule has 0 unspecified atom stereocenters. The minimum Gasteiger partial charge on any atom is -0.496 e. The van der Waals surface area contributed by atoms with Crippen molar-refractivity contribution in [1.29, 1.82) is 0 Å². The van der Waals surface area contributed by atoms with Crippen LogP contribution in [-0.4, -0.2) is 30.9 Å². The van der Waals surface area contributed by atoms with E-state index >= 15 is 0 Å². The smallest absolute Gasteiger partial charge is 0.338 e. The van der Waals surface area contributed by atoms with Crippen LogP contribution in [0.4, 0.5) is 0 Å². The fourth-order valence-electron chi connectivity index (χ4n) is 4.92. The summed E-state index contributed by atoms with van der Waals surface area (Å²) in [7, 11) is 3.12. The second kappa shape index (κ2) is 13.5. The zero-order chi connectivity index (χ0) is 31.5. The molecule has 0 bridgehead atoms. The number of allylic oxidation sites excluding steroid dienone is 1. The van der Waals surface area contributed by atoms with Crippen molar-refractivity contribution in [2.24, 2.45) is 4.99 Å². The van der Waals surface area contributed by atoms with E-state index in [0.717, 1.165) is 15.6 Å². The van der Waals surface area contributed by atoms with Gasteiger partial charge in [0.05, 0.1) is 40.6 Å². The fraction of sp³-hybridized carbons (Fsp3) is 0.242. The van der Waals surface area contributed by atoms with Crippen molar-refractivity contribution in [2.45, 2.75) is 39.5 Å². The Balaban J connectivity index is 1.63. The number of hydrogen-bond donors (Lipinski definition) is 0. The number of hydrogen-bond acceptors (Lipinski definition) is 8. The van der Waals surface area contributed by atoms with Crippen LogP contribution in [0.25, 0.3) is 6.08 Å². The van der Waals surface area contributed by atoms with Crippen LogP contribution in [0, 0.1) is 0 Å². The van der Waals surface area contributed by atoms with Gasteiger partial charge in [-0.15, -0.1) is 0 Å². The van der Waals surface area contributed by atoms with E-state index in [9.17, 15) is 9.59 Å². The quantitative estimate of drug-likeness (QED) is 0.187. The summed E-state index contributed by atoms with van der Waals surface area (Å²) >= 11 is 8.39. The molecular weight excluding hydrogens is 712 g/mol. The number of esters is 1. The highest BCUT2D eigenvalue weighted by Crippen LogP contribution is 2.39. The largest absolute Gasteiger partial charge is 0.496 e. The van der Waals surface area contributed by atoms with Crippen LogP contribution in [0.1, 0.15) is 43.5 Å². The molecule has 0 amide bonds. The van der Waals surface area contributed by atoms with Gasteiger partial charge in [-0.2, -0.15) is 0 Å². The summed E-state index contributed by atoms with van der Waals surface area (Å²) in [6.07, 6.45) is 1.42. The van der Waals surface area contributed by atoms with Crippen LogP contribution in [0.2, 0.25) is 0 Å². The number of halogens is 2. The van der Waals surface area contributed by atoms with Crippen LogP contribution in [0.15, 0.2) is 90.7 Å². The van der Waals surface area contributed by atoms with E-state index in [1.54, 1.807) is 47.1 Å². The number of nitrogens with zero attached hydrogens (tertiary/aromatic N) is 2. The Morgan fingerprint density at radius 1 is 1.05 bits per heavy atom. The summed E-state index contributed by atoms with van der Waals surface area (Å²) in [4.78, 5) is 32.7. The van der Waals surface area contributed by atoms with Crippen molar-refractivity contribution in [3.63, 3.8) is 0 Å². The minimum absolute atomic E-state index is 0.276. The molecule has 228 valence electrons. The van der Waals surface area contributed by atoms with Crippen molar-refractivity contribution < 1.29 is 23.7 Å². The molecule has 0 aliphatic carbocycles. The van der Waals surface area contributed by atoms with Gasteiger partial charge in [0, 0.05) is 10.0 Å². The summed E-state index contributed by atoms with van der Waals surface area (Å²) in [6.45, 7) is 5.68. The molecule has 0 saturated carbocycles. The predicted octanol–water partition coefficient (Wildman–Crippen LogP) is 6.31. The molecule has 0 radical (unpaired) electrons. The monoisotopic (exact) mass is 740 g/mol. The van der Waals surface area contributed by atoms with E-state index < -0.39 is 12.0 Å². The number of methoxy groups -OCH3 is 2. The summed E-state index contributed by atoms with van der Waals surface area (Å²) in [5, 5.41) is 0. The fourth-order valence-corrected chi connectivity index (χ4v) is 6.92. The number of carbonyl (C=O) groups is 1. The van der Waals surface area contributed by atoms with Gasteiger partial charge in [-0.3, -0.25) is 9.36 Å². The maximum absolute atomic E-state index is 14.1. The van der Waals surface area contributed by atoms with Gasteiger partial charge in [-0.1, -0.05) is 57.6 Å². The van der Waals surface area contributed by atoms with Gasteiger partial charge in [0.2, 0.25) is 0 Å². The van der Waals surface area contributed by atoms with Crippen LogP contribution >= 0.6 is 43.2 Å². The van der Waals surface area contributed by atoms with Crippen LogP contribution < -0.4 is 29.1 Å². The lowest BCUT2D eigenvalue weighted by molar-refractivity contribution is -0.143. The summed E-state index contributed by atoms with van der Waals surface area (Å²) in [5.41, 5.74) is 2.82. The highest BCUT2D eigenvalue weighted by atomic mass is 79.9. The van der Waals surface area contributed by atoms with Crippen LogP contribution in [-0.2, 0) is 16.1 Å².